The van der Waals surface area contributed by atoms with Crippen LogP contribution in [0.5, 0.6) is 5.75 Å². The summed E-state index contributed by atoms with van der Waals surface area (Å²) in [5.74, 6) is -0.559. The van der Waals surface area contributed by atoms with E-state index in [0.717, 1.165) is 44.3 Å². The summed E-state index contributed by atoms with van der Waals surface area (Å²) in [5, 5.41) is 9.14. The van der Waals surface area contributed by atoms with Gasteiger partial charge in [-0.2, -0.15) is 8.78 Å². The number of carboxylic acids is 1. The minimum absolute atomic E-state index is 0.000154. The first kappa shape index (κ1) is 25.1. The average molecular weight is 514 g/mol. The van der Waals surface area contributed by atoms with Crippen LogP contribution in [0.4, 0.5) is 14.6 Å². The van der Waals surface area contributed by atoms with Crippen molar-refractivity contribution >= 4 is 23.3 Å². The van der Waals surface area contributed by atoms with Gasteiger partial charge in [-0.1, -0.05) is 12.1 Å². The van der Waals surface area contributed by atoms with Crippen molar-refractivity contribution in [2.24, 2.45) is 11.7 Å². The van der Waals surface area contributed by atoms with Crippen molar-refractivity contribution in [2.45, 2.75) is 63.3 Å². The number of alkyl halides is 2. The number of nitrogens with zero attached hydrogens (tertiary/aromatic N) is 2. The smallest absolute Gasteiger partial charge is 0.387 e. The number of ketones is 1. The van der Waals surface area contributed by atoms with Crippen molar-refractivity contribution in [3.05, 3.63) is 59.3 Å². The molecule has 196 valence electrons. The number of carboxylic acid groups (broad SMARTS) is 1. The highest BCUT2D eigenvalue weighted by Crippen LogP contribution is 2.40. The van der Waals surface area contributed by atoms with Gasteiger partial charge in [0.25, 0.3) is 0 Å². The average Bonchev–Trinajstić information content (AvgIpc) is 3.69. The lowest BCUT2D eigenvalue weighted by Gasteiger charge is -2.39. The molecular weight excluding hydrogens is 484 g/mol. The van der Waals surface area contributed by atoms with Gasteiger partial charge in [0.15, 0.2) is 5.78 Å². The molecule has 8 nitrogen and oxygen atoms in total. The SMILES string of the molecule is NC(=C(COC1CC2CC[C@@H](C1)N2c1ccc(C(=O)O)cn1)C(=O)C1CC1)c1ccccc1OC(F)F. The topological polar surface area (TPSA) is 115 Å². The first-order valence-electron chi connectivity index (χ1n) is 12.5. The third kappa shape index (κ3) is 5.44. The van der Waals surface area contributed by atoms with E-state index in [2.05, 4.69) is 14.6 Å². The fourth-order valence-electron chi connectivity index (χ4n) is 5.43. The van der Waals surface area contributed by atoms with Crippen LogP contribution < -0.4 is 15.4 Å². The Balaban J connectivity index is 1.31. The van der Waals surface area contributed by atoms with E-state index < -0.39 is 12.6 Å². The number of carbonyl (C=O) groups is 2. The molecule has 3 atom stereocenters. The number of Topliss-reactive ketones (excluding diaryl/α,β-unsaturated/α-hetero) is 1. The second-order valence-corrected chi connectivity index (χ2v) is 9.81. The molecule has 2 aromatic rings. The Kier molecular flexibility index (Phi) is 7.10. The van der Waals surface area contributed by atoms with Gasteiger partial charge < -0.3 is 25.2 Å². The van der Waals surface area contributed by atoms with E-state index in [1.807, 2.05) is 0 Å². The van der Waals surface area contributed by atoms with E-state index in [0.29, 0.717) is 5.57 Å². The molecule has 2 saturated heterocycles. The number of aromatic carboxylic acids is 1. The molecule has 10 heteroatoms. The molecule has 0 spiro atoms. The fraction of sp³-hybridized carbons (Fsp3) is 0.444. The van der Waals surface area contributed by atoms with E-state index in [1.165, 1.54) is 12.3 Å². The van der Waals surface area contributed by atoms with E-state index in [9.17, 15) is 18.4 Å². The number of fused-ring (bicyclic) bond motifs is 2. The van der Waals surface area contributed by atoms with Crippen LogP contribution in [-0.2, 0) is 9.53 Å². The Bertz CT molecular complexity index is 1180. The Morgan fingerprint density at radius 3 is 2.38 bits per heavy atom. The zero-order chi connectivity index (χ0) is 26.1. The monoisotopic (exact) mass is 513 g/mol. The molecule has 2 aliphatic heterocycles. The normalized spacial score (nSPS) is 23.6. The van der Waals surface area contributed by atoms with Crippen LogP contribution in [0.15, 0.2) is 48.2 Å². The van der Waals surface area contributed by atoms with Gasteiger partial charge in [0.2, 0.25) is 0 Å². The van der Waals surface area contributed by atoms with Crippen LogP contribution in [0.3, 0.4) is 0 Å². The number of hydrogen-bond donors (Lipinski definition) is 2. The Morgan fingerprint density at radius 2 is 1.78 bits per heavy atom. The molecule has 1 aliphatic carbocycles. The number of para-hydroxylation sites is 1. The van der Waals surface area contributed by atoms with Gasteiger partial charge in [0.1, 0.15) is 11.6 Å². The van der Waals surface area contributed by atoms with Crippen molar-refractivity contribution < 1.29 is 33.0 Å². The number of aromatic nitrogens is 1. The van der Waals surface area contributed by atoms with E-state index in [-0.39, 0.29) is 59.1 Å². The second kappa shape index (κ2) is 10.5. The molecule has 3 aliphatic rings. The third-order valence-corrected chi connectivity index (χ3v) is 7.38. The maximum Gasteiger partial charge on any atom is 0.387 e. The van der Waals surface area contributed by atoms with Crippen molar-refractivity contribution in [1.82, 2.24) is 4.98 Å². The first-order chi connectivity index (χ1) is 17.8. The van der Waals surface area contributed by atoms with Crippen LogP contribution in [0.1, 0.15) is 54.4 Å². The maximum atomic E-state index is 13.1. The number of benzene rings is 1. The summed E-state index contributed by atoms with van der Waals surface area (Å²) in [6.45, 7) is -3.01. The van der Waals surface area contributed by atoms with Crippen LogP contribution in [0.2, 0.25) is 0 Å². The summed E-state index contributed by atoms with van der Waals surface area (Å²) >= 11 is 0. The second-order valence-electron chi connectivity index (χ2n) is 9.81. The molecule has 0 radical (unpaired) electrons. The summed E-state index contributed by atoms with van der Waals surface area (Å²) in [7, 11) is 0. The number of pyridine rings is 1. The quantitative estimate of drug-likeness (QED) is 0.453. The highest BCUT2D eigenvalue weighted by molar-refractivity contribution is 6.05. The molecule has 37 heavy (non-hydrogen) atoms. The number of hydrogen-bond acceptors (Lipinski definition) is 7. The molecule has 1 saturated carbocycles. The van der Waals surface area contributed by atoms with Crippen molar-refractivity contribution in [2.75, 3.05) is 11.5 Å². The predicted molar refractivity (Wildman–Crippen MR) is 131 cm³/mol. The van der Waals surface area contributed by atoms with Crippen LogP contribution in [0, 0.1) is 5.92 Å². The summed E-state index contributed by atoms with van der Waals surface area (Å²) < 4.78 is 36.8. The number of anilines is 1. The first-order valence-corrected chi connectivity index (χ1v) is 12.5. The highest BCUT2D eigenvalue weighted by atomic mass is 19.3. The van der Waals surface area contributed by atoms with Gasteiger partial charge in [-0.05, 0) is 62.8 Å². The highest BCUT2D eigenvalue weighted by Gasteiger charge is 2.42. The Hall–Kier alpha value is -3.53. The lowest BCUT2D eigenvalue weighted by Crippen LogP contribution is -2.46. The van der Waals surface area contributed by atoms with Crippen molar-refractivity contribution in [3.63, 3.8) is 0 Å². The maximum absolute atomic E-state index is 13.1. The van der Waals surface area contributed by atoms with E-state index >= 15 is 0 Å². The molecule has 1 aromatic carbocycles. The summed E-state index contributed by atoms with van der Waals surface area (Å²) in [6.07, 6.45) is 6.23. The lowest BCUT2D eigenvalue weighted by molar-refractivity contribution is -0.117. The standard InChI is InChI=1S/C27H29F2N3O5/c28-27(29)37-22-4-2-1-3-20(22)24(30)21(25(33)15-5-6-15)14-36-19-11-17-8-9-18(12-19)32(17)23-10-7-16(13-31-23)26(34)35/h1-4,7,10,13,15,17-19,27H,5-6,8-9,11-12,14,30H2,(H,34,35)/t17-,18?,19?/m0/s1. The number of halogens is 2. The zero-order valence-corrected chi connectivity index (χ0v) is 20.2. The Labute approximate surface area is 213 Å². The summed E-state index contributed by atoms with van der Waals surface area (Å²) in [5.41, 5.74) is 7.20. The molecular formula is C27H29F2N3O5. The van der Waals surface area contributed by atoms with Crippen LogP contribution >= 0.6 is 0 Å². The number of piperidine rings is 1. The number of rotatable bonds is 10. The minimum atomic E-state index is -3.01. The Morgan fingerprint density at radius 1 is 1.08 bits per heavy atom. The molecule has 2 unspecified atom stereocenters. The number of ether oxygens (including phenoxy) is 2. The molecule has 3 N–H and O–H groups in total. The summed E-state index contributed by atoms with van der Waals surface area (Å²) in [4.78, 5) is 30.9. The zero-order valence-electron chi connectivity index (χ0n) is 20.2. The lowest BCUT2D eigenvalue weighted by atomic mass is 9.98. The van der Waals surface area contributed by atoms with Gasteiger partial charge in [0.05, 0.1) is 24.0 Å². The number of nitrogens with two attached hydrogens (primary N) is 1. The third-order valence-electron chi connectivity index (χ3n) is 7.38. The summed E-state index contributed by atoms with van der Waals surface area (Å²) in [6, 6.07) is 9.88. The van der Waals surface area contributed by atoms with Gasteiger partial charge in [0, 0.05) is 35.3 Å². The molecule has 2 bridgehead atoms. The minimum Gasteiger partial charge on any atom is -0.478 e. The van der Waals surface area contributed by atoms with Gasteiger partial charge in [-0.15, -0.1) is 0 Å². The van der Waals surface area contributed by atoms with E-state index in [1.54, 1.807) is 30.3 Å². The molecule has 3 fully saturated rings. The largest absolute Gasteiger partial charge is 0.478 e. The van der Waals surface area contributed by atoms with Gasteiger partial charge in [-0.25, -0.2) is 9.78 Å². The molecule has 0 amide bonds. The van der Waals surface area contributed by atoms with Crippen LogP contribution in [-0.4, -0.2) is 53.2 Å². The number of carbonyl (C=O) groups excluding carboxylic acids is 1. The molecule has 3 heterocycles. The predicted octanol–water partition coefficient (Wildman–Crippen LogP) is 4.25. The van der Waals surface area contributed by atoms with Crippen LogP contribution in [0.25, 0.3) is 5.70 Å². The molecule has 5 rings (SSSR count). The molecule has 1 aromatic heterocycles. The fourth-order valence-corrected chi connectivity index (χ4v) is 5.43. The van der Waals surface area contributed by atoms with E-state index in [4.69, 9.17) is 15.6 Å². The van der Waals surface area contributed by atoms with Gasteiger partial charge >= 0.3 is 12.6 Å². The van der Waals surface area contributed by atoms with Crippen molar-refractivity contribution in [3.8, 4) is 5.75 Å². The van der Waals surface area contributed by atoms with Crippen molar-refractivity contribution in [1.29, 1.82) is 0 Å². The van der Waals surface area contributed by atoms with Gasteiger partial charge in [-0.3, -0.25) is 4.79 Å².